The summed E-state index contributed by atoms with van der Waals surface area (Å²) in [6, 6.07) is 7.29. The maximum absolute atomic E-state index is 13.0. The van der Waals surface area contributed by atoms with Gasteiger partial charge in [-0.25, -0.2) is 4.98 Å². The van der Waals surface area contributed by atoms with Crippen LogP contribution < -0.4 is 10.6 Å². The molecule has 0 radical (unpaired) electrons. The minimum atomic E-state index is -4.66. The summed E-state index contributed by atoms with van der Waals surface area (Å²) in [5, 5.41) is 5.74. The molecule has 1 aromatic heterocycles. The number of amides is 2. The molecule has 0 bridgehead atoms. The molecule has 2 aliphatic carbocycles. The van der Waals surface area contributed by atoms with Crippen molar-refractivity contribution in [3.63, 3.8) is 0 Å². The first-order chi connectivity index (χ1) is 15.6. The third kappa shape index (κ3) is 4.96. The lowest BCUT2D eigenvalue weighted by molar-refractivity contribution is -0.137. The molecule has 0 spiro atoms. The number of fused-ring (bicyclic) bond motifs is 1. The summed E-state index contributed by atoms with van der Waals surface area (Å²) in [6.07, 6.45) is -1.56. The maximum atomic E-state index is 13.0. The van der Waals surface area contributed by atoms with E-state index in [9.17, 15) is 22.8 Å². The van der Waals surface area contributed by atoms with Crippen LogP contribution in [0, 0.1) is 17.8 Å². The normalized spacial score (nSPS) is 24.7. The van der Waals surface area contributed by atoms with Crippen LogP contribution in [0.5, 0.6) is 0 Å². The van der Waals surface area contributed by atoms with Crippen LogP contribution in [0.25, 0.3) is 0 Å². The molecule has 2 unspecified atom stereocenters. The second-order valence-electron chi connectivity index (χ2n) is 8.56. The monoisotopic (exact) mass is 499 g/mol. The Hall–Kier alpha value is -2.32. The summed E-state index contributed by atoms with van der Waals surface area (Å²) in [7, 11) is 0. The van der Waals surface area contributed by atoms with E-state index in [-0.39, 0.29) is 18.0 Å². The highest BCUT2D eigenvalue weighted by molar-refractivity contribution is 6.34. The van der Waals surface area contributed by atoms with Crippen molar-refractivity contribution in [3.8, 4) is 0 Å². The van der Waals surface area contributed by atoms with Crippen molar-refractivity contribution in [3.05, 3.63) is 63.4 Å². The van der Waals surface area contributed by atoms with Crippen molar-refractivity contribution < 1.29 is 22.8 Å². The van der Waals surface area contributed by atoms with Crippen LogP contribution in [0.2, 0.25) is 10.0 Å². The zero-order valence-electron chi connectivity index (χ0n) is 17.6. The highest BCUT2D eigenvalue weighted by Gasteiger charge is 2.58. The fraction of sp³-hybridized carbons (Fsp3) is 0.435. The molecule has 2 aliphatic rings. The van der Waals surface area contributed by atoms with Crippen molar-refractivity contribution in [1.82, 2.24) is 15.6 Å². The zero-order valence-corrected chi connectivity index (χ0v) is 19.1. The van der Waals surface area contributed by atoms with Gasteiger partial charge in [-0.3, -0.25) is 9.59 Å². The van der Waals surface area contributed by atoms with Crippen LogP contribution in [-0.4, -0.2) is 28.9 Å². The van der Waals surface area contributed by atoms with E-state index in [1.165, 1.54) is 0 Å². The second kappa shape index (κ2) is 9.14. The number of alkyl halides is 3. The summed E-state index contributed by atoms with van der Waals surface area (Å²) in [5.41, 5.74) is -0.967. The largest absolute Gasteiger partial charge is 0.417 e. The average Bonchev–Trinajstić information content (AvgIpc) is 3.25. The molecule has 0 aliphatic heterocycles. The molecule has 33 heavy (non-hydrogen) atoms. The lowest BCUT2D eigenvalue weighted by Crippen LogP contribution is -2.39. The number of hydrogen-bond donors (Lipinski definition) is 2. The van der Waals surface area contributed by atoms with Gasteiger partial charge in [0.1, 0.15) is 5.69 Å². The van der Waals surface area contributed by atoms with E-state index in [2.05, 4.69) is 15.6 Å². The van der Waals surface area contributed by atoms with Gasteiger partial charge in [-0.05, 0) is 67.3 Å². The van der Waals surface area contributed by atoms with Gasteiger partial charge in [0.15, 0.2) is 0 Å². The number of carbonyl (C=O) groups excluding carboxylic acids is 2. The SMILES string of the molecule is CCC(NC(=O)c1ccc(Cl)cc1)[C@H]1C2C[C@H](NC(=O)c3nccc(C(F)(F)F)c3Cl)C[C@@H]21. The lowest BCUT2D eigenvalue weighted by atomic mass is 9.99. The van der Waals surface area contributed by atoms with Gasteiger partial charge in [-0.1, -0.05) is 30.1 Å². The molecule has 10 heteroatoms. The van der Waals surface area contributed by atoms with E-state index in [1.807, 2.05) is 6.92 Å². The standard InChI is InChI=1S/C23H22Cl2F3N3O2/c1-2-17(31-21(32)11-3-5-12(24)6-4-11)18-14-9-13(10-15(14)18)30-22(33)20-19(25)16(7-8-29-20)23(26,27)28/h3-8,13-15,17-18H,2,9-10H2,1H3,(H,30,33)(H,31,32)/t13-,14+,15?,17?,18-/m1/s1. The molecule has 176 valence electrons. The highest BCUT2D eigenvalue weighted by atomic mass is 35.5. The van der Waals surface area contributed by atoms with Gasteiger partial charge in [-0.15, -0.1) is 0 Å². The molecule has 2 fully saturated rings. The Labute approximate surface area is 199 Å². The van der Waals surface area contributed by atoms with Gasteiger partial charge >= 0.3 is 6.18 Å². The summed E-state index contributed by atoms with van der Waals surface area (Å²) in [4.78, 5) is 28.8. The number of nitrogens with one attached hydrogen (secondary N) is 2. The predicted molar refractivity (Wildman–Crippen MR) is 118 cm³/mol. The number of aromatic nitrogens is 1. The molecule has 5 nitrogen and oxygen atoms in total. The molecule has 0 saturated heterocycles. The minimum absolute atomic E-state index is 0.0133. The molecule has 1 aromatic carbocycles. The Morgan fingerprint density at radius 3 is 2.30 bits per heavy atom. The fourth-order valence-corrected chi connectivity index (χ4v) is 5.44. The van der Waals surface area contributed by atoms with Crippen LogP contribution >= 0.6 is 23.2 Å². The number of halogens is 5. The fourth-order valence-electron chi connectivity index (χ4n) is 5.00. The Balaban J connectivity index is 1.33. The molecule has 5 atom stereocenters. The van der Waals surface area contributed by atoms with Crippen LogP contribution in [0.1, 0.15) is 52.6 Å². The summed E-state index contributed by atoms with van der Waals surface area (Å²) in [5.74, 6) is 0.136. The smallest absolute Gasteiger partial charge is 0.349 e. The number of benzene rings is 1. The third-order valence-electron chi connectivity index (χ3n) is 6.58. The Morgan fingerprint density at radius 1 is 1.09 bits per heavy atom. The molecular formula is C23H22Cl2F3N3O2. The molecule has 2 aromatic rings. The Bertz CT molecular complexity index is 1050. The number of nitrogens with zero attached hydrogens (tertiary/aromatic N) is 1. The van der Waals surface area contributed by atoms with Crippen molar-refractivity contribution in [2.45, 2.75) is 44.4 Å². The van der Waals surface area contributed by atoms with E-state index in [1.54, 1.807) is 24.3 Å². The van der Waals surface area contributed by atoms with Crippen molar-refractivity contribution in [2.75, 3.05) is 0 Å². The zero-order chi connectivity index (χ0) is 23.9. The lowest BCUT2D eigenvalue weighted by Gasteiger charge is -2.22. The van der Waals surface area contributed by atoms with Gasteiger partial charge in [0.05, 0.1) is 10.6 Å². The number of hydrogen-bond acceptors (Lipinski definition) is 3. The summed E-state index contributed by atoms with van der Waals surface area (Å²) >= 11 is 11.7. The van der Waals surface area contributed by atoms with Gasteiger partial charge in [0, 0.05) is 28.9 Å². The molecule has 2 saturated carbocycles. The van der Waals surface area contributed by atoms with Crippen LogP contribution in [0.3, 0.4) is 0 Å². The average molecular weight is 500 g/mol. The van der Waals surface area contributed by atoms with Gasteiger partial charge in [-0.2, -0.15) is 13.2 Å². The van der Waals surface area contributed by atoms with Crippen LogP contribution in [0.4, 0.5) is 13.2 Å². The van der Waals surface area contributed by atoms with Gasteiger partial charge < -0.3 is 10.6 Å². The van der Waals surface area contributed by atoms with E-state index < -0.39 is 28.4 Å². The second-order valence-corrected chi connectivity index (χ2v) is 9.38. The predicted octanol–water partition coefficient (Wildman–Crippen LogP) is 5.37. The number of rotatable bonds is 6. The molecule has 2 amide bonds. The topological polar surface area (TPSA) is 71.1 Å². The maximum Gasteiger partial charge on any atom is 0.417 e. The summed E-state index contributed by atoms with van der Waals surface area (Å²) in [6.45, 7) is 2.02. The molecule has 2 N–H and O–H groups in total. The quantitative estimate of drug-likeness (QED) is 0.561. The first kappa shape index (κ1) is 23.8. The molecular weight excluding hydrogens is 478 g/mol. The Kier molecular flexibility index (Phi) is 6.60. The number of carbonyl (C=O) groups is 2. The first-order valence-electron chi connectivity index (χ1n) is 10.7. The Morgan fingerprint density at radius 2 is 1.73 bits per heavy atom. The molecule has 1 heterocycles. The van der Waals surface area contributed by atoms with E-state index in [0.717, 1.165) is 18.7 Å². The summed E-state index contributed by atoms with van der Waals surface area (Å²) < 4.78 is 39.1. The minimum Gasteiger partial charge on any atom is -0.349 e. The van der Waals surface area contributed by atoms with Crippen molar-refractivity contribution in [1.29, 1.82) is 0 Å². The highest BCUT2D eigenvalue weighted by Crippen LogP contribution is 2.59. The molecule has 4 rings (SSSR count). The third-order valence-corrected chi connectivity index (χ3v) is 7.22. The van der Waals surface area contributed by atoms with E-state index in [4.69, 9.17) is 23.2 Å². The van der Waals surface area contributed by atoms with Gasteiger partial charge in [0.2, 0.25) is 0 Å². The van der Waals surface area contributed by atoms with Crippen LogP contribution in [-0.2, 0) is 6.18 Å². The van der Waals surface area contributed by atoms with E-state index in [0.29, 0.717) is 41.2 Å². The first-order valence-corrected chi connectivity index (χ1v) is 11.4. The van der Waals surface area contributed by atoms with Crippen molar-refractivity contribution >= 4 is 35.0 Å². The van der Waals surface area contributed by atoms with Gasteiger partial charge in [0.25, 0.3) is 11.8 Å². The van der Waals surface area contributed by atoms with Crippen LogP contribution in [0.15, 0.2) is 36.5 Å². The van der Waals surface area contributed by atoms with Crippen molar-refractivity contribution in [2.24, 2.45) is 17.8 Å². The number of pyridine rings is 1. The van der Waals surface area contributed by atoms with E-state index >= 15 is 0 Å².